The van der Waals surface area contributed by atoms with Gasteiger partial charge in [0, 0.05) is 18.3 Å². The van der Waals surface area contributed by atoms with E-state index in [9.17, 15) is 13.6 Å². The molecular formula is C11H14F2N2O. The van der Waals surface area contributed by atoms with Crippen molar-refractivity contribution in [2.45, 2.75) is 19.8 Å². The number of anilines is 1. The molecule has 3 nitrogen and oxygen atoms in total. The van der Waals surface area contributed by atoms with E-state index in [-0.39, 0.29) is 11.3 Å². The van der Waals surface area contributed by atoms with Gasteiger partial charge in [-0.15, -0.1) is 0 Å². The Hall–Kier alpha value is -1.65. The Bertz CT molecular complexity index is 394. The lowest BCUT2D eigenvalue weighted by molar-refractivity contribution is 0.0953. The third-order valence-corrected chi connectivity index (χ3v) is 2.15. The van der Waals surface area contributed by atoms with Gasteiger partial charge in [0.1, 0.15) is 0 Å². The summed E-state index contributed by atoms with van der Waals surface area (Å²) in [7, 11) is 0. The van der Waals surface area contributed by atoms with Gasteiger partial charge in [0.2, 0.25) is 0 Å². The van der Waals surface area contributed by atoms with Crippen LogP contribution in [-0.4, -0.2) is 12.5 Å². The minimum absolute atomic E-state index is 0.0324. The van der Waals surface area contributed by atoms with E-state index in [0.717, 1.165) is 25.0 Å². The highest BCUT2D eigenvalue weighted by Gasteiger charge is 2.13. The molecule has 16 heavy (non-hydrogen) atoms. The maximum Gasteiger partial charge on any atom is 0.253 e. The molecular weight excluding hydrogens is 214 g/mol. The van der Waals surface area contributed by atoms with E-state index < -0.39 is 17.5 Å². The normalized spacial score (nSPS) is 10.2. The number of halogens is 2. The summed E-state index contributed by atoms with van der Waals surface area (Å²) in [5.41, 5.74) is 5.33. The summed E-state index contributed by atoms with van der Waals surface area (Å²) in [5.74, 6) is -2.61. The molecule has 5 heteroatoms. The molecule has 88 valence electrons. The summed E-state index contributed by atoms with van der Waals surface area (Å²) >= 11 is 0. The molecule has 0 fully saturated rings. The molecule has 0 saturated heterocycles. The molecule has 0 aromatic heterocycles. The van der Waals surface area contributed by atoms with Crippen molar-refractivity contribution >= 4 is 11.6 Å². The molecule has 1 aromatic carbocycles. The predicted octanol–water partition coefficient (Wildman–Crippen LogP) is 2.08. The summed E-state index contributed by atoms with van der Waals surface area (Å²) in [6, 6.07) is 1.62. The van der Waals surface area contributed by atoms with Gasteiger partial charge in [0.05, 0.1) is 5.56 Å². The molecule has 0 bridgehead atoms. The van der Waals surface area contributed by atoms with Gasteiger partial charge >= 0.3 is 0 Å². The fourth-order valence-corrected chi connectivity index (χ4v) is 1.23. The van der Waals surface area contributed by atoms with E-state index in [4.69, 9.17) is 5.73 Å². The number of nitrogens with one attached hydrogen (secondary N) is 1. The molecule has 0 atom stereocenters. The van der Waals surface area contributed by atoms with Crippen LogP contribution >= 0.6 is 0 Å². The Morgan fingerprint density at radius 1 is 1.38 bits per heavy atom. The minimum atomic E-state index is -1.07. The first kappa shape index (κ1) is 12.4. The number of hydrogen-bond donors (Lipinski definition) is 2. The quantitative estimate of drug-likeness (QED) is 0.612. The summed E-state index contributed by atoms with van der Waals surface area (Å²) < 4.78 is 25.6. The first-order chi connectivity index (χ1) is 7.56. The van der Waals surface area contributed by atoms with Crippen molar-refractivity contribution in [3.8, 4) is 0 Å². The van der Waals surface area contributed by atoms with E-state index in [1.807, 2.05) is 6.92 Å². The summed E-state index contributed by atoms with van der Waals surface area (Å²) in [4.78, 5) is 11.5. The number of carbonyl (C=O) groups excluding carboxylic acids is 1. The highest BCUT2D eigenvalue weighted by molar-refractivity contribution is 5.99. The number of unbranched alkanes of at least 4 members (excludes halogenated alkanes) is 1. The zero-order valence-electron chi connectivity index (χ0n) is 9.02. The Labute approximate surface area is 92.6 Å². The summed E-state index contributed by atoms with van der Waals surface area (Å²) in [6.45, 7) is 2.48. The minimum Gasteiger partial charge on any atom is -0.398 e. The Morgan fingerprint density at radius 2 is 2.00 bits per heavy atom. The largest absolute Gasteiger partial charge is 0.398 e. The fraction of sp³-hybridized carbons (Fsp3) is 0.364. The Kier molecular flexibility index (Phi) is 4.22. The molecule has 0 aliphatic carbocycles. The predicted molar refractivity (Wildman–Crippen MR) is 58.0 cm³/mol. The van der Waals surface area contributed by atoms with Gasteiger partial charge < -0.3 is 11.1 Å². The molecule has 0 radical (unpaired) electrons. The molecule has 0 unspecified atom stereocenters. The van der Waals surface area contributed by atoms with Gasteiger partial charge in [0.15, 0.2) is 11.6 Å². The number of nitrogens with two attached hydrogens (primary N) is 1. The van der Waals surface area contributed by atoms with Crippen LogP contribution in [0.25, 0.3) is 0 Å². The number of amides is 1. The number of nitrogen functional groups attached to an aromatic ring is 1. The number of carbonyl (C=O) groups is 1. The Morgan fingerprint density at radius 3 is 2.62 bits per heavy atom. The number of rotatable bonds is 4. The van der Waals surface area contributed by atoms with Crippen LogP contribution in [0, 0.1) is 11.6 Å². The highest BCUT2D eigenvalue weighted by atomic mass is 19.2. The van der Waals surface area contributed by atoms with Gasteiger partial charge in [-0.3, -0.25) is 4.79 Å². The lowest BCUT2D eigenvalue weighted by Crippen LogP contribution is -2.25. The lowest BCUT2D eigenvalue weighted by atomic mass is 10.1. The van der Waals surface area contributed by atoms with E-state index in [0.29, 0.717) is 6.54 Å². The number of benzene rings is 1. The van der Waals surface area contributed by atoms with E-state index in [2.05, 4.69) is 5.32 Å². The maximum absolute atomic E-state index is 12.9. The fourth-order valence-electron chi connectivity index (χ4n) is 1.23. The van der Waals surface area contributed by atoms with Gasteiger partial charge in [-0.1, -0.05) is 13.3 Å². The first-order valence-corrected chi connectivity index (χ1v) is 5.09. The van der Waals surface area contributed by atoms with E-state index in [1.165, 1.54) is 0 Å². The van der Waals surface area contributed by atoms with Crippen LogP contribution in [0.5, 0.6) is 0 Å². The second kappa shape index (κ2) is 5.44. The Balaban J connectivity index is 2.79. The second-order valence-corrected chi connectivity index (χ2v) is 3.46. The third kappa shape index (κ3) is 2.92. The van der Waals surface area contributed by atoms with Crippen molar-refractivity contribution in [3.05, 3.63) is 29.3 Å². The zero-order chi connectivity index (χ0) is 12.1. The standard InChI is InChI=1S/C11H14F2N2O/c1-2-3-4-15-11(16)7-5-8(12)9(13)6-10(7)14/h5-6H,2-4,14H2,1H3,(H,15,16). The molecule has 0 aliphatic rings. The van der Waals surface area contributed by atoms with Gasteiger partial charge in [-0.05, 0) is 12.5 Å². The van der Waals surface area contributed by atoms with Gasteiger partial charge in [-0.25, -0.2) is 8.78 Å². The molecule has 0 heterocycles. The number of hydrogen-bond acceptors (Lipinski definition) is 2. The monoisotopic (exact) mass is 228 g/mol. The van der Waals surface area contributed by atoms with Crippen LogP contribution < -0.4 is 11.1 Å². The van der Waals surface area contributed by atoms with Crippen molar-refractivity contribution in [2.24, 2.45) is 0 Å². The van der Waals surface area contributed by atoms with E-state index >= 15 is 0 Å². The van der Waals surface area contributed by atoms with Crippen molar-refractivity contribution in [1.82, 2.24) is 5.32 Å². The van der Waals surface area contributed by atoms with Crippen LogP contribution in [0.1, 0.15) is 30.1 Å². The van der Waals surface area contributed by atoms with Crippen LogP contribution in [0.2, 0.25) is 0 Å². The van der Waals surface area contributed by atoms with Crippen LogP contribution in [0.3, 0.4) is 0 Å². The molecule has 0 aliphatic heterocycles. The molecule has 1 amide bonds. The van der Waals surface area contributed by atoms with Crippen molar-refractivity contribution < 1.29 is 13.6 Å². The topological polar surface area (TPSA) is 55.1 Å². The van der Waals surface area contributed by atoms with Crippen LogP contribution in [-0.2, 0) is 0 Å². The average molecular weight is 228 g/mol. The lowest BCUT2D eigenvalue weighted by Gasteiger charge is -2.07. The van der Waals surface area contributed by atoms with E-state index in [1.54, 1.807) is 0 Å². The van der Waals surface area contributed by atoms with Crippen molar-refractivity contribution in [2.75, 3.05) is 12.3 Å². The third-order valence-electron chi connectivity index (χ3n) is 2.15. The zero-order valence-corrected chi connectivity index (χ0v) is 9.02. The van der Waals surface area contributed by atoms with Crippen LogP contribution in [0.4, 0.5) is 14.5 Å². The second-order valence-electron chi connectivity index (χ2n) is 3.46. The van der Waals surface area contributed by atoms with Crippen molar-refractivity contribution in [1.29, 1.82) is 0 Å². The summed E-state index contributed by atoms with van der Waals surface area (Å²) in [6.07, 6.45) is 1.77. The van der Waals surface area contributed by atoms with Gasteiger partial charge in [0.25, 0.3) is 5.91 Å². The molecule has 0 spiro atoms. The SMILES string of the molecule is CCCCNC(=O)c1cc(F)c(F)cc1N. The molecule has 1 rings (SSSR count). The maximum atomic E-state index is 12.9. The average Bonchev–Trinajstić information content (AvgIpc) is 2.23. The molecule has 1 aromatic rings. The van der Waals surface area contributed by atoms with Crippen LogP contribution in [0.15, 0.2) is 12.1 Å². The first-order valence-electron chi connectivity index (χ1n) is 5.09. The van der Waals surface area contributed by atoms with Gasteiger partial charge in [-0.2, -0.15) is 0 Å². The summed E-state index contributed by atoms with van der Waals surface area (Å²) in [5, 5.41) is 2.58. The van der Waals surface area contributed by atoms with Crippen molar-refractivity contribution in [3.63, 3.8) is 0 Å². The molecule has 3 N–H and O–H groups in total. The molecule has 0 saturated carbocycles. The highest BCUT2D eigenvalue weighted by Crippen LogP contribution is 2.16. The smallest absolute Gasteiger partial charge is 0.253 e.